The Labute approximate surface area is 248 Å². The van der Waals surface area contributed by atoms with Gasteiger partial charge in [-0.25, -0.2) is 18.1 Å². The number of ether oxygens (including phenoxy) is 1. The molecular formula is C33H40N4O4S. The van der Waals surface area contributed by atoms with Crippen LogP contribution in [0.5, 0.6) is 0 Å². The highest BCUT2D eigenvalue weighted by Crippen LogP contribution is 2.30. The maximum absolute atomic E-state index is 14.1. The number of rotatable bonds is 9. The zero-order valence-electron chi connectivity index (χ0n) is 24.9. The number of nitrogens with zero attached hydrogens (tertiary/aromatic N) is 3. The Balaban J connectivity index is 1.62. The number of morpholine rings is 1. The van der Waals surface area contributed by atoms with Crippen LogP contribution >= 0.6 is 0 Å². The first kappa shape index (κ1) is 29.9. The highest BCUT2D eigenvalue weighted by molar-refractivity contribution is 7.89. The van der Waals surface area contributed by atoms with E-state index in [9.17, 15) is 13.2 Å². The van der Waals surface area contributed by atoms with Gasteiger partial charge in [0, 0.05) is 36.3 Å². The molecular weight excluding hydrogens is 548 g/mol. The zero-order valence-corrected chi connectivity index (χ0v) is 25.7. The number of aromatic nitrogens is 2. The molecule has 9 heteroatoms. The number of unbranched alkanes of at least 4 members (excludes halogenated alkanes) is 1. The first-order chi connectivity index (χ1) is 20.1. The van der Waals surface area contributed by atoms with Crippen molar-refractivity contribution < 1.29 is 13.2 Å². The first-order valence-corrected chi connectivity index (χ1v) is 16.1. The molecule has 8 nitrogen and oxygen atoms in total. The van der Waals surface area contributed by atoms with E-state index < -0.39 is 15.6 Å². The minimum atomic E-state index is -3.87. The number of fused-ring (bicyclic) bond motifs is 1. The van der Waals surface area contributed by atoms with Gasteiger partial charge in [-0.15, -0.1) is 0 Å². The number of nitrogens with one attached hydrogen (secondary N) is 1. The van der Waals surface area contributed by atoms with E-state index in [2.05, 4.69) is 16.5 Å². The molecule has 1 saturated heterocycles. The van der Waals surface area contributed by atoms with Crippen LogP contribution in [0.25, 0.3) is 22.0 Å². The van der Waals surface area contributed by atoms with E-state index >= 15 is 0 Å². The molecule has 0 aliphatic carbocycles. The van der Waals surface area contributed by atoms with Crippen molar-refractivity contribution in [1.29, 1.82) is 0 Å². The molecule has 1 aliphatic heterocycles. The van der Waals surface area contributed by atoms with E-state index in [-0.39, 0.29) is 17.0 Å². The summed E-state index contributed by atoms with van der Waals surface area (Å²) in [5, 5.41) is 0.558. The summed E-state index contributed by atoms with van der Waals surface area (Å²) in [6, 6.07) is 20.8. The van der Waals surface area contributed by atoms with Crippen molar-refractivity contribution in [1.82, 2.24) is 14.3 Å². The van der Waals surface area contributed by atoms with Crippen LogP contribution in [0, 0.1) is 0 Å². The van der Waals surface area contributed by atoms with Crippen molar-refractivity contribution in [3.8, 4) is 11.1 Å². The minimum Gasteiger partial charge on any atom is -0.378 e. The Bertz CT molecular complexity index is 1720. The van der Waals surface area contributed by atoms with Gasteiger partial charge < -0.3 is 9.64 Å². The molecule has 2 heterocycles. The van der Waals surface area contributed by atoms with Crippen LogP contribution in [0.2, 0.25) is 0 Å². The average molecular weight is 589 g/mol. The number of hydrogen-bond acceptors (Lipinski definition) is 6. The minimum absolute atomic E-state index is 0.120. The highest BCUT2D eigenvalue weighted by Gasteiger charge is 2.26. The molecule has 0 amide bonds. The van der Waals surface area contributed by atoms with Gasteiger partial charge in [0.1, 0.15) is 5.82 Å². The third-order valence-electron chi connectivity index (χ3n) is 7.35. The summed E-state index contributed by atoms with van der Waals surface area (Å²) < 4.78 is 37.4. The van der Waals surface area contributed by atoms with E-state index in [1.54, 1.807) is 10.6 Å². The summed E-state index contributed by atoms with van der Waals surface area (Å²) in [4.78, 5) is 21.4. The molecule has 42 heavy (non-hydrogen) atoms. The van der Waals surface area contributed by atoms with Crippen molar-refractivity contribution in [2.75, 3.05) is 31.2 Å². The molecule has 0 unspecified atom stereocenters. The van der Waals surface area contributed by atoms with Crippen molar-refractivity contribution in [3.63, 3.8) is 0 Å². The van der Waals surface area contributed by atoms with Crippen LogP contribution in [0.4, 0.5) is 5.69 Å². The molecule has 0 atom stereocenters. The fourth-order valence-electron chi connectivity index (χ4n) is 5.35. The molecule has 0 bridgehead atoms. The van der Waals surface area contributed by atoms with Crippen molar-refractivity contribution in [3.05, 3.63) is 88.5 Å². The Kier molecular flexibility index (Phi) is 8.82. The third-order valence-corrected chi connectivity index (χ3v) is 9.15. The molecule has 1 aromatic heterocycles. The van der Waals surface area contributed by atoms with Gasteiger partial charge in [0.25, 0.3) is 5.56 Å². The number of anilines is 1. The van der Waals surface area contributed by atoms with Gasteiger partial charge >= 0.3 is 0 Å². The Morgan fingerprint density at radius 3 is 2.40 bits per heavy atom. The standard InChI is InChI=1S/C33H40N4O4S/c1-5-6-12-31-34-29-16-14-26(36-17-19-41-20-18-36)22-28(29)32(38)37(31)23-24-13-15-27(25-10-8-7-9-11-25)30(21-24)42(39,40)35-33(2,3)4/h7-11,13-16,21-22,35H,5-6,12,17-20,23H2,1-4H3. The normalized spacial score (nSPS) is 14.4. The second-order valence-corrected chi connectivity index (χ2v) is 13.5. The number of benzene rings is 3. The van der Waals surface area contributed by atoms with Crippen molar-refractivity contribution in [2.24, 2.45) is 0 Å². The molecule has 0 spiro atoms. The third kappa shape index (κ3) is 6.75. The fourth-order valence-corrected chi connectivity index (χ4v) is 7.04. The summed E-state index contributed by atoms with van der Waals surface area (Å²) in [5.74, 6) is 0.706. The van der Waals surface area contributed by atoms with Crippen molar-refractivity contribution in [2.45, 2.75) is 63.9 Å². The Morgan fingerprint density at radius 2 is 1.71 bits per heavy atom. The smallest absolute Gasteiger partial charge is 0.261 e. The molecule has 0 radical (unpaired) electrons. The SMILES string of the molecule is CCCCc1nc2ccc(N3CCOCC3)cc2c(=O)n1Cc1ccc(-c2ccccc2)c(S(=O)(=O)NC(C)(C)C)c1. The van der Waals surface area contributed by atoms with Crippen LogP contribution in [0.3, 0.4) is 0 Å². The van der Waals surface area contributed by atoms with Gasteiger partial charge in [-0.05, 0) is 62.6 Å². The summed E-state index contributed by atoms with van der Waals surface area (Å²) in [6.07, 6.45) is 2.52. The van der Waals surface area contributed by atoms with Crippen LogP contribution in [0.15, 0.2) is 76.4 Å². The summed E-state index contributed by atoms with van der Waals surface area (Å²) >= 11 is 0. The van der Waals surface area contributed by atoms with E-state index in [4.69, 9.17) is 9.72 Å². The lowest BCUT2D eigenvalue weighted by atomic mass is 10.0. The van der Waals surface area contributed by atoms with Gasteiger partial charge in [0.05, 0.1) is 35.6 Å². The maximum Gasteiger partial charge on any atom is 0.261 e. The van der Waals surface area contributed by atoms with Crippen LogP contribution in [-0.4, -0.2) is 49.8 Å². The van der Waals surface area contributed by atoms with Gasteiger partial charge in [-0.1, -0.05) is 55.8 Å². The second kappa shape index (κ2) is 12.4. The predicted octanol–water partition coefficient (Wildman–Crippen LogP) is 5.37. The first-order valence-electron chi connectivity index (χ1n) is 14.6. The lowest BCUT2D eigenvalue weighted by molar-refractivity contribution is 0.122. The summed E-state index contributed by atoms with van der Waals surface area (Å²) in [7, 11) is -3.87. The molecule has 222 valence electrons. The molecule has 0 saturated carbocycles. The lowest BCUT2D eigenvalue weighted by Crippen LogP contribution is -2.40. The number of aryl methyl sites for hydroxylation is 1. The molecule has 1 aliphatic rings. The van der Waals surface area contributed by atoms with Crippen LogP contribution < -0.4 is 15.2 Å². The van der Waals surface area contributed by atoms with E-state index in [1.165, 1.54) is 0 Å². The highest BCUT2D eigenvalue weighted by atomic mass is 32.2. The van der Waals surface area contributed by atoms with Crippen LogP contribution in [-0.2, 0) is 27.7 Å². The van der Waals surface area contributed by atoms with E-state index in [1.807, 2.05) is 81.4 Å². The summed E-state index contributed by atoms with van der Waals surface area (Å²) in [6.45, 7) is 10.7. The second-order valence-electron chi connectivity index (χ2n) is 11.9. The molecule has 4 aromatic rings. The predicted molar refractivity (Wildman–Crippen MR) is 169 cm³/mol. The average Bonchev–Trinajstić information content (AvgIpc) is 2.97. The number of hydrogen-bond donors (Lipinski definition) is 1. The van der Waals surface area contributed by atoms with E-state index in [0.29, 0.717) is 47.5 Å². The van der Waals surface area contributed by atoms with Crippen molar-refractivity contribution >= 4 is 26.6 Å². The number of sulfonamides is 1. The van der Waals surface area contributed by atoms with Crippen LogP contribution in [0.1, 0.15) is 51.9 Å². The Morgan fingerprint density at radius 1 is 0.976 bits per heavy atom. The van der Waals surface area contributed by atoms with Gasteiger partial charge in [-0.2, -0.15) is 0 Å². The molecule has 3 aromatic carbocycles. The van der Waals surface area contributed by atoms with E-state index in [0.717, 1.165) is 37.2 Å². The monoisotopic (exact) mass is 588 g/mol. The molecule has 5 rings (SSSR count). The largest absolute Gasteiger partial charge is 0.378 e. The zero-order chi connectivity index (χ0) is 29.9. The fraction of sp³-hybridized carbons (Fsp3) is 0.394. The molecule has 1 fully saturated rings. The van der Waals surface area contributed by atoms with Gasteiger partial charge in [-0.3, -0.25) is 9.36 Å². The molecule has 1 N–H and O–H groups in total. The summed E-state index contributed by atoms with van der Waals surface area (Å²) in [5.41, 5.74) is 3.01. The quantitative estimate of drug-likeness (QED) is 0.283. The lowest BCUT2D eigenvalue weighted by Gasteiger charge is -2.29. The Hall–Kier alpha value is -3.53. The van der Waals surface area contributed by atoms with Gasteiger partial charge in [0.15, 0.2) is 0 Å². The van der Waals surface area contributed by atoms with Gasteiger partial charge in [0.2, 0.25) is 10.0 Å². The topological polar surface area (TPSA) is 93.5 Å². The maximum atomic E-state index is 14.1.